The van der Waals surface area contributed by atoms with E-state index < -0.39 is 6.04 Å². The molecule has 4 saturated heterocycles. The number of aromatic amines is 1. The van der Waals surface area contributed by atoms with E-state index in [1.165, 1.54) is 51.9 Å². The van der Waals surface area contributed by atoms with Gasteiger partial charge in [0.15, 0.2) is 5.76 Å². The molecule has 2 aromatic heterocycles. The molecule has 3 aromatic carbocycles. The normalized spacial score (nSPS) is 21.3. The number of amides is 3. The number of imide groups is 1. The number of ether oxygens (including phenoxy) is 1. The van der Waals surface area contributed by atoms with E-state index in [-0.39, 0.29) is 30.2 Å². The van der Waals surface area contributed by atoms with Crippen molar-refractivity contribution in [1.82, 2.24) is 50.7 Å². The van der Waals surface area contributed by atoms with Crippen molar-refractivity contribution in [2.45, 2.75) is 70.1 Å². The Morgan fingerprint density at radius 1 is 0.790 bits per heavy atom. The number of tetrazole rings is 1. The molecule has 0 saturated carbocycles. The van der Waals surface area contributed by atoms with Crippen molar-refractivity contribution >= 4 is 28.6 Å². The minimum atomic E-state index is -0.604. The number of piperidine rings is 4. The standard InChI is InChI=1S/C47H52N10O5/c58-43-11-10-42(46(59)48-43)57-30-36-25-31(6-8-39(36)47(57)60)3-2-18-54-19-12-32(13-20-54)28-55-21-14-33(15-22-55)29-56-23-16-37(17-24-56)61-38-5-1-4-34(26-38)44-40-27-35(45-49-52-53-50-45)7-9-41(40)51-62-44/h1,4-9,25-27,32-33,37,42H,10-24,28-30H2,(H,48,58,59)(H,49,50,52,53). The predicted molar refractivity (Wildman–Crippen MR) is 230 cm³/mol. The number of likely N-dealkylation sites (tertiary alicyclic amines) is 3. The van der Waals surface area contributed by atoms with Crippen LogP contribution in [0.5, 0.6) is 5.75 Å². The van der Waals surface area contributed by atoms with Gasteiger partial charge >= 0.3 is 0 Å². The van der Waals surface area contributed by atoms with Crippen LogP contribution in [-0.4, -0.2) is 134 Å². The Bertz CT molecular complexity index is 2490. The van der Waals surface area contributed by atoms with Crippen LogP contribution in [0.4, 0.5) is 0 Å². The molecule has 15 heteroatoms. The molecule has 4 fully saturated rings. The maximum absolute atomic E-state index is 13.0. The number of H-pyrrole nitrogens is 1. The first-order chi connectivity index (χ1) is 30.4. The zero-order chi connectivity index (χ0) is 42.0. The first-order valence-corrected chi connectivity index (χ1v) is 22.2. The quantitative estimate of drug-likeness (QED) is 0.147. The summed E-state index contributed by atoms with van der Waals surface area (Å²) in [6.45, 7) is 10.2. The van der Waals surface area contributed by atoms with Crippen LogP contribution in [0.1, 0.15) is 72.9 Å². The van der Waals surface area contributed by atoms with Gasteiger partial charge in [0.05, 0.1) is 11.9 Å². The molecule has 5 aliphatic heterocycles. The molecular weight excluding hydrogens is 785 g/mol. The van der Waals surface area contributed by atoms with Crippen LogP contribution in [0, 0.1) is 23.7 Å². The van der Waals surface area contributed by atoms with Crippen molar-refractivity contribution in [1.29, 1.82) is 0 Å². The molecule has 320 valence electrons. The van der Waals surface area contributed by atoms with Crippen LogP contribution in [0.25, 0.3) is 33.6 Å². The molecular formula is C47H52N10O5. The molecule has 5 aromatic rings. The lowest BCUT2D eigenvalue weighted by Crippen LogP contribution is -2.52. The van der Waals surface area contributed by atoms with Crippen LogP contribution in [0.3, 0.4) is 0 Å². The summed E-state index contributed by atoms with van der Waals surface area (Å²) in [4.78, 5) is 46.4. The van der Waals surface area contributed by atoms with E-state index in [1.54, 1.807) is 4.90 Å². The first kappa shape index (κ1) is 40.1. The van der Waals surface area contributed by atoms with Crippen LogP contribution >= 0.6 is 0 Å². The number of fused-ring (bicyclic) bond motifs is 2. The molecule has 0 aliphatic carbocycles. The van der Waals surface area contributed by atoms with Crippen molar-refractivity contribution in [2.75, 3.05) is 58.9 Å². The summed E-state index contributed by atoms with van der Waals surface area (Å²) < 4.78 is 12.3. The van der Waals surface area contributed by atoms with Crippen molar-refractivity contribution in [2.24, 2.45) is 11.8 Å². The number of nitrogens with one attached hydrogen (secondary N) is 2. The molecule has 15 nitrogen and oxygen atoms in total. The lowest BCUT2D eigenvalue weighted by molar-refractivity contribution is -0.136. The van der Waals surface area contributed by atoms with E-state index >= 15 is 0 Å². The van der Waals surface area contributed by atoms with Crippen molar-refractivity contribution in [3.63, 3.8) is 0 Å². The Balaban J connectivity index is 0.624. The lowest BCUT2D eigenvalue weighted by Gasteiger charge is -2.39. The lowest BCUT2D eigenvalue weighted by atomic mass is 9.92. The maximum Gasteiger partial charge on any atom is 0.255 e. The van der Waals surface area contributed by atoms with E-state index in [2.05, 4.69) is 57.6 Å². The second-order valence-electron chi connectivity index (χ2n) is 17.7. The number of carbonyl (C=O) groups is 3. The fourth-order valence-corrected chi connectivity index (χ4v) is 10.0. The van der Waals surface area contributed by atoms with E-state index in [0.29, 0.717) is 30.1 Å². The van der Waals surface area contributed by atoms with Gasteiger partial charge in [0.25, 0.3) is 5.91 Å². The minimum Gasteiger partial charge on any atom is -0.490 e. The molecule has 1 unspecified atom stereocenters. The number of benzene rings is 3. The summed E-state index contributed by atoms with van der Waals surface area (Å²) in [7, 11) is 0. The fourth-order valence-electron chi connectivity index (χ4n) is 10.0. The van der Waals surface area contributed by atoms with E-state index in [9.17, 15) is 14.4 Å². The molecule has 0 radical (unpaired) electrons. The number of carbonyl (C=O) groups excluding carboxylic acids is 3. The Kier molecular flexibility index (Phi) is 11.5. The average Bonchev–Trinajstić information content (AvgIpc) is 4.06. The third-order valence-electron chi connectivity index (χ3n) is 13.5. The van der Waals surface area contributed by atoms with Crippen molar-refractivity contribution in [3.05, 3.63) is 77.4 Å². The van der Waals surface area contributed by atoms with Gasteiger partial charge in [-0.25, -0.2) is 0 Å². The molecule has 5 aliphatic rings. The third kappa shape index (κ3) is 8.86. The monoisotopic (exact) mass is 836 g/mol. The summed E-state index contributed by atoms with van der Waals surface area (Å²) in [5.74, 6) is 9.42. The Labute approximate surface area is 360 Å². The van der Waals surface area contributed by atoms with Crippen molar-refractivity contribution in [3.8, 4) is 40.3 Å². The SMILES string of the molecule is O=C1CCC(N2Cc3cc(C#CCN4CCC(CN5CCC(CN6CCC(Oc7cccc(-c8onc9ccc(-c%10nn[nH]n%10)cc89)c7)CC6)CC5)CC4)ccc3C2=O)C(=O)N1. The maximum atomic E-state index is 13.0. The summed E-state index contributed by atoms with van der Waals surface area (Å²) in [5.41, 5.74) is 4.92. The smallest absolute Gasteiger partial charge is 0.255 e. The Morgan fingerprint density at radius 3 is 2.29 bits per heavy atom. The van der Waals surface area contributed by atoms with Crippen LogP contribution in [-0.2, 0) is 16.1 Å². The Hall–Kier alpha value is -5.95. The summed E-state index contributed by atoms with van der Waals surface area (Å²) in [5, 5.41) is 21.9. The highest BCUT2D eigenvalue weighted by molar-refractivity contribution is 6.05. The molecule has 7 heterocycles. The molecule has 0 spiro atoms. The van der Waals surface area contributed by atoms with Crippen LogP contribution < -0.4 is 10.1 Å². The third-order valence-corrected chi connectivity index (χ3v) is 13.5. The minimum absolute atomic E-state index is 0.155. The summed E-state index contributed by atoms with van der Waals surface area (Å²) in [6, 6.07) is 19.0. The van der Waals surface area contributed by atoms with Gasteiger partial charge in [-0.3, -0.25) is 24.6 Å². The largest absolute Gasteiger partial charge is 0.490 e. The van der Waals surface area contributed by atoms with Gasteiger partial charge in [0.2, 0.25) is 17.6 Å². The van der Waals surface area contributed by atoms with Gasteiger partial charge in [0, 0.05) is 61.4 Å². The topological polar surface area (TPSA) is 166 Å². The summed E-state index contributed by atoms with van der Waals surface area (Å²) in [6.07, 6.45) is 7.82. The second-order valence-corrected chi connectivity index (χ2v) is 17.7. The van der Waals surface area contributed by atoms with Gasteiger partial charge < -0.3 is 24.0 Å². The Morgan fingerprint density at radius 2 is 1.55 bits per heavy atom. The van der Waals surface area contributed by atoms with Gasteiger partial charge in [-0.15, -0.1) is 10.2 Å². The molecule has 3 amide bonds. The van der Waals surface area contributed by atoms with Gasteiger partial charge in [0.1, 0.15) is 23.4 Å². The number of hydrogen-bond acceptors (Lipinski definition) is 12. The highest BCUT2D eigenvalue weighted by atomic mass is 16.5. The first-order valence-electron chi connectivity index (χ1n) is 22.2. The average molecular weight is 837 g/mol. The number of aromatic nitrogens is 5. The zero-order valence-electron chi connectivity index (χ0n) is 34.9. The van der Waals surface area contributed by atoms with E-state index in [4.69, 9.17) is 9.26 Å². The molecule has 0 bridgehead atoms. The molecule has 62 heavy (non-hydrogen) atoms. The van der Waals surface area contributed by atoms with Crippen LogP contribution in [0.15, 0.2) is 65.2 Å². The summed E-state index contributed by atoms with van der Waals surface area (Å²) >= 11 is 0. The molecule has 1 atom stereocenters. The van der Waals surface area contributed by atoms with Gasteiger partial charge in [-0.05, 0) is 142 Å². The van der Waals surface area contributed by atoms with E-state index in [1.807, 2.05) is 60.7 Å². The highest BCUT2D eigenvalue weighted by Crippen LogP contribution is 2.34. The fraction of sp³-hybridized carbons (Fsp3) is 0.468. The predicted octanol–water partition coefficient (Wildman–Crippen LogP) is 4.75. The van der Waals surface area contributed by atoms with Crippen molar-refractivity contribution < 1.29 is 23.6 Å². The van der Waals surface area contributed by atoms with E-state index in [0.717, 1.165) is 96.3 Å². The molecule has 2 N–H and O–H groups in total. The number of rotatable bonds is 10. The number of hydrogen-bond donors (Lipinski definition) is 2. The van der Waals surface area contributed by atoms with Gasteiger partial charge in [-0.1, -0.05) is 29.1 Å². The van der Waals surface area contributed by atoms with Crippen LogP contribution in [0.2, 0.25) is 0 Å². The zero-order valence-corrected chi connectivity index (χ0v) is 34.9. The molecule has 10 rings (SSSR count). The second kappa shape index (κ2) is 17.8. The van der Waals surface area contributed by atoms with Gasteiger partial charge in [-0.2, -0.15) is 5.21 Å². The number of nitrogens with zero attached hydrogens (tertiary/aromatic N) is 8. The highest BCUT2D eigenvalue weighted by Gasteiger charge is 2.39.